The molecule has 2 rings (SSSR count). The molecule has 0 amide bonds. The zero-order valence-corrected chi connectivity index (χ0v) is 9.10. The molecule has 0 unspecified atom stereocenters. The molecule has 0 aliphatic rings. The lowest BCUT2D eigenvalue weighted by atomic mass is 10.2. The number of para-hydroxylation sites is 1. The van der Waals surface area contributed by atoms with E-state index in [4.69, 9.17) is 4.74 Å². The van der Waals surface area contributed by atoms with Gasteiger partial charge < -0.3 is 4.74 Å². The van der Waals surface area contributed by atoms with Crippen molar-refractivity contribution in [2.75, 3.05) is 0 Å². The molecular formula is C13H15NO. The second kappa shape index (κ2) is 4.41. The van der Waals surface area contributed by atoms with Gasteiger partial charge in [0, 0.05) is 5.39 Å². The number of hydrogen-bond acceptors (Lipinski definition) is 2. The third-order valence-electron chi connectivity index (χ3n) is 2.22. The number of benzene rings is 1. The maximum absolute atomic E-state index is 5.51. The number of ether oxygens (including phenoxy) is 1. The Morgan fingerprint density at radius 3 is 2.73 bits per heavy atom. The van der Waals surface area contributed by atoms with Gasteiger partial charge in [0.05, 0.1) is 23.9 Å². The van der Waals surface area contributed by atoms with Crippen molar-refractivity contribution < 1.29 is 4.74 Å². The van der Waals surface area contributed by atoms with Crippen molar-refractivity contribution in [2.24, 2.45) is 0 Å². The minimum absolute atomic E-state index is 0.248. The van der Waals surface area contributed by atoms with Gasteiger partial charge in [-0.2, -0.15) is 0 Å². The van der Waals surface area contributed by atoms with Crippen molar-refractivity contribution in [3.8, 4) is 0 Å². The first-order valence-corrected chi connectivity index (χ1v) is 5.22. The topological polar surface area (TPSA) is 22.1 Å². The molecule has 0 atom stereocenters. The zero-order chi connectivity index (χ0) is 10.7. The molecule has 0 aliphatic carbocycles. The molecule has 2 aromatic rings. The molecule has 1 aromatic carbocycles. The van der Waals surface area contributed by atoms with Gasteiger partial charge in [0.1, 0.15) is 0 Å². The third kappa shape index (κ3) is 2.54. The molecule has 0 radical (unpaired) electrons. The van der Waals surface area contributed by atoms with E-state index in [0.717, 1.165) is 11.2 Å². The van der Waals surface area contributed by atoms with Gasteiger partial charge in [-0.15, -0.1) is 0 Å². The molecule has 2 nitrogen and oxygen atoms in total. The second-order valence-electron chi connectivity index (χ2n) is 3.86. The monoisotopic (exact) mass is 201 g/mol. The van der Waals surface area contributed by atoms with E-state index in [-0.39, 0.29) is 6.10 Å². The van der Waals surface area contributed by atoms with E-state index in [9.17, 15) is 0 Å². The van der Waals surface area contributed by atoms with Gasteiger partial charge in [0.2, 0.25) is 0 Å². The molecule has 1 heterocycles. The summed E-state index contributed by atoms with van der Waals surface area (Å²) in [5.74, 6) is 0. The van der Waals surface area contributed by atoms with E-state index in [1.807, 2.05) is 38.1 Å². The van der Waals surface area contributed by atoms with Crippen LogP contribution < -0.4 is 0 Å². The zero-order valence-electron chi connectivity index (χ0n) is 9.10. The Balaban J connectivity index is 2.23. The summed E-state index contributed by atoms with van der Waals surface area (Å²) in [6.45, 7) is 4.64. The van der Waals surface area contributed by atoms with E-state index in [2.05, 4.69) is 17.1 Å². The first-order chi connectivity index (χ1) is 7.25. The van der Waals surface area contributed by atoms with E-state index in [1.54, 1.807) is 0 Å². The quantitative estimate of drug-likeness (QED) is 0.761. The molecular weight excluding hydrogens is 186 g/mol. The fraction of sp³-hybridized carbons (Fsp3) is 0.308. The normalized spacial score (nSPS) is 11.1. The number of nitrogens with zero attached hydrogens (tertiary/aromatic N) is 1. The van der Waals surface area contributed by atoms with Gasteiger partial charge in [0.15, 0.2) is 0 Å². The molecule has 78 valence electrons. The van der Waals surface area contributed by atoms with Crippen LogP contribution in [0.4, 0.5) is 0 Å². The predicted molar refractivity (Wildman–Crippen MR) is 61.7 cm³/mol. The van der Waals surface area contributed by atoms with Gasteiger partial charge in [-0.25, -0.2) is 0 Å². The SMILES string of the molecule is CC(C)OCc1ccc2ccccc2n1. The molecule has 0 spiro atoms. The van der Waals surface area contributed by atoms with Gasteiger partial charge in [-0.05, 0) is 26.0 Å². The Bertz CT molecular complexity index is 451. The van der Waals surface area contributed by atoms with E-state index >= 15 is 0 Å². The highest BCUT2D eigenvalue weighted by Gasteiger charge is 1.99. The number of fused-ring (bicyclic) bond motifs is 1. The van der Waals surface area contributed by atoms with Crippen LogP contribution in [0.5, 0.6) is 0 Å². The highest BCUT2D eigenvalue weighted by Crippen LogP contribution is 2.12. The Morgan fingerprint density at radius 2 is 1.93 bits per heavy atom. The van der Waals surface area contributed by atoms with Crippen molar-refractivity contribution in [3.63, 3.8) is 0 Å². The smallest absolute Gasteiger partial charge is 0.0891 e. The number of rotatable bonds is 3. The summed E-state index contributed by atoms with van der Waals surface area (Å²) in [5, 5.41) is 1.17. The van der Waals surface area contributed by atoms with Crippen molar-refractivity contribution in [1.29, 1.82) is 0 Å². The lowest BCUT2D eigenvalue weighted by Gasteiger charge is -2.07. The largest absolute Gasteiger partial charge is 0.373 e. The molecule has 0 saturated carbocycles. The summed E-state index contributed by atoms with van der Waals surface area (Å²) in [6.07, 6.45) is 0.248. The van der Waals surface area contributed by atoms with Crippen molar-refractivity contribution in [3.05, 3.63) is 42.1 Å². The highest BCUT2D eigenvalue weighted by molar-refractivity contribution is 5.78. The fourth-order valence-corrected chi connectivity index (χ4v) is 1.44. The Morgan fingerprint density at radius 1 is 1.13 bits per heavy atom. The molecule has 0 aliphatic heterocycles. The van der Waals surface area contributed by atoms with E-state index in [0.29, 0.717) is 6.61 Å². The summed E-state index contributed by atoms with van der Waals surface area (Å²) in [5.41, 5.74) is 2.02. The maximum Gasteiger partial charge on any atom is 0.0891 e. The Labute approximate surface area is 89.9 Å². The summed E-state index contributed by atoms with van der Waals surface area (Å²) in [6, 6.07) is 12.2. The molecule has 15 heavy (non-hydrogen) atoms. The fourth-order valence-electron chi connectivity index (χ4n) is 1.44. The van der Waals surface area contributed by atoms with Crippen LogP contribution in [-0.4, -0.2) is 11.1 Å². The van der Waals surface area contributed by atoms with E-state index < -0.39 is 0 Å². The summed E-state index contributed by atoms with van der Waals surface area (Å²) >= 11 is 0. The molecule has 1 aromatic heterocycles. The molecule has 2 heteroatoms. The van der Waals surface area contributed by atoms with Crippen LogP contribution in [0, 0.1) is 0 Å². The van der Waals surface area contributed by atoms with Crippen LogP contribution in [0.1, 0.15) is 19.5 Å². The first kappa shape index (κ1) is 10.1. The molecule has 0 N–H and O–H groups in total. The number of aromatic nitrogens is 1. The Kier molecular flexibility index (Phi) is 2.97. The highest BCUT2D eigenvalue weighted by atomic mass is 16.5. The average molecular weight is 201 g/mol. The first-order valence-electron chi connectivity index (χ1n) is 5.22. The van der Waals surface area contributed by atoms with Crippen LogP contribution in [0.15, 0.2) is 36.4 Å². The standard InChI is InChI=1S/C13H15NO/c1-10(2)15-9-12-8-7-11-5-3-4-6-13(11)14-12/h3-8,10H,9H2,1-2H3. The molecule has 0 fully saturated rings. The minimum Gasteiger partial charge on any atom is -0.373 e. The summed E-state index contributed by atoms with van der Waals surface area (Å²) in [7, 11) is 0. The van der Waals surface area contributed by atoms with Gasteiger partial charge in [-0.1, -0.05) is 24.3 Å². The van der Waals surface area contributed by atoms with Gasteiger partial charge in [0.25, 0.3) is 0 Å². The van der Waals surface area contributed by atoms with E-state index in [1.165, 1.54) is 5.39 Å². The summed E-state index contributed by atoms with van der Waals surface area (Å²) < 4.78 is 5.51. The maximum atomic E-state index is 5.51. The van der Waals surface area contributed by atoms with Crippen LogP contribution in [0.2, 0.25) is 0 Å². The average Bonchev–Trinajstić information content (AvgIpc) is 2.26. The van der Waals surface area contributed by atoms with Crippen molar-refractivity contribution >= 4 is 10.9 Å². The minimum atomic E-state index is 0.248. The Hall–Kier alpha value is -1.41. The lowest BCUT2D eigenvalue weighted by Crippen LogP contribution is -2.03. The van der Waals surface area contributed by atoms with Gasteiger partial charge in [-0.3, -0.25) is 4.98 Å². The second-order valence-corrected chi connectivity index (χ2v) is 3.86. The van der Waals surface area contributed by atoms with Crippen molar-refractivity contribution in [1.82, 2.24) is 4.98 Å². The van der Waals surface area contributed by atoms with Gasteiger partial charge >= 0.3 is 0 Å². The number of pyridine rings is 1. The number of hydrogen-bond donors (Lipinski definition) is 0. The van der Waals surface area contributed by atoms with Crippen molar-refractivity contribution in [2.45, 2.75) is 26.6 Å². The summed E-state index contributed by atoms with van der Waals surface area (Å²) in [4.78, 5) is 4.52. The van der Waals surface area contributed by atoms with Crippen LogP contribution in [0.3, 0.4) is 0 Å². The molecule has 0 saturated heterocycles. The molecule has 0 bridgehead atoms. The predicted octanol–water partition coefficient (Wildman–Crippen LogP) is 3.16. The van der Waals surface area contributed by atoms with Crippen LogP contribution >= 0.6 is 0 Å². The van der Waals surface area contributed by atoms with Crippen LogP contribution in [0.25, 0.3) is 10.9 Å². The third-order valence-corrected chi connectivity index (χ3v) is 2.22. The van der Waals surface area contributed by atoms with Crippen LogP contribution in [-0.2, 0) is 11.3 Å². The lowest BCUT2D eigenvalue weighted by molar-refractivity contribution is 0.0637.